The molecular weight excluding hydrogens is 344 g/mol. The second-order valence-electron chi connectivity index (χ2n) is 4.61. The Morgan fingerprint density at radius 2 is 1.79 bits per heavy atom. The van der Waals surface area contributed by atoms with E-state index in [9.17, 15) is 17.6 Å². The van der Waals surface area contributed by atoms with E-state index >= 15 is 0 Å². The van der Waals surface area contributed by atoms with Gasteiger partial charge in [0.2, 0.25) is 0 Å². The van der Waals surface area contributed by atoms with E-state index in [-0.39, 0.29) is 27.6 Å². The molecule has 1 aliphatic rings. The molecule has 1 saturated carbocycles. The molecule has 1 unspecified atom stereocenters. The highest BCUT2D eigenvalue weighted by Gasteiger charge is 2.50. The average molecular weight is 355 g/mol. The van der Waals surface area contributed by atoms with E-state index in [2.05, 4.69) is 0 Å². The van der Waals surface area contributed by atoms with Gasteiger partial charge in [-0.3, -0.25) is 0 Å². The monoisotopic (exact) mass is 354 g/mol. The van der Waals surface area contributed by atoms with Crippen LogP contribution in [0.5, 0.6) is 0 Å². The summed E-state index contributed by atoms with van der Waals surface area (Å²) in [5, 5.41) is 0.527. The van der Waals surface area contributed by atoms with Crippen LogP contribution in [0.1, 0.15) is 30.1 Å². The number of alkyl halides is 3. The van der Waals surface area contributed by atoms with E-state index in [1.165, 1.54) is 12.1 Å². The zero-order chi connectivity index (χ0) is 12.9. The van der Waals surface area contributed by atoms with E-state index in [4.69, 9.17) is 0 Å². The first-order valence-corrected chi connectivity index (χ1v) is 7.01. The number of thiophene rings is 1. The van der Waals surface area contributed by atoms with Gasteiger partial charge in [-0.05, 0) is 25.0 Å². The smallest absolute Gasteiger partial charge is 0.600 e. The van der Waals surface area contributed by atoms with Gasteiger partial charge < -0.3 is 17.0 Å². The van der Waals surface area contributed by atoms with Crippen LogP contribution in [0.4, 0.5) is 17.6 Å². The maximum atomic E-state index is 13.2. The quantitative estimate of drug-likeness (QED) is 0.545. The third-order valence-corrected chi connectivity index (χ3v) is 5.65. The summed E-state index contributed by atoms with van der Waals surface area (Å²) in [5.41, 5.74) is -4.31. The van der Waals surface area contributed by atoms with Crippen molar-refractivity contribution >= 4 is 20.6 Å². The number of fused-ring (bicyclic) bond motifs is 1. The zero-order valence-corrected chi connectivity index (χ0v) is 12.2. The van der Waals surface area contributed by atoms with E-state index < -0.39 is 21.8 Å². The molecule has 6 heteroatoms. The second-order valence-corrected chi connectivity index (χ2v) is 6.60. The summed E-state index contributed by atoms with van der Waals surface area (Å²) in [7, 11) is -1.93. The van der Waals surface area contributed by atoms with E-state index in [0.717, 1.165) is 25.3 Å². The van der Waals surface area contributed by atoms with Gasteiger partial charge >= 0.3 is 5.51 Å². The standard InChI is InChI=1S/C13H11F4S.BrH/c14-10-5-4-9-6-11(8-2-1-3-8)18(12(9)7-10)13(15,16)17;/h4-8H,1-3H2;1H/q+1;/p-1. The van der Waals surface area contributed by atoms with Crippen molar-refractivity contribution in [1.29, 1.82) is 0 Å². The van der Waals surface area contributed by atoms with Gasteiger partial charge in [0, 0.05) is 23.4 Å². The SMILES string of the molecule is Fc1ccc2cc(C3CCC3)[s+](C(F)(F)F)c2c1.[Br-]. The lowest BCUT2D eigenvalue weighted by molar-refractivity contribution is -0.0868. The Hall–Kier alpha value is -0.620. The van der Waals surface area contributed by atoms with Gasteiger partial charge in [0.1, 0.15) is 5.82 Å². The van der Waals surface area contributed by atoms with E-state index in [1.807, 2.05) is 0 Å². The van der Waals surface area contributed by atoms with Gasteiger partial charge in [0.25, 0.3) is 0 Å². The maximum Gasteiger partial charge on any atom is 0.600 e. The summed E-state index contributed by atoms with van der Waals surface area (Å²) >= 11 is 0. The third-order valence-electron chi connectivity index (χ3n) is 3.47. The fourth-order valence-corrected chi connectivity index (χ4v) is 4.56. The Labute approximate surface area is 121 Å². The number of rotatable bonds is 1. The van der Waals surface area contributed by atoms with Crippen LogP contribution >= 0.6 is 10.5 Å². The van der Waals surface area contributed by atoms with Gasteiger partial charge in [0.15, 0.2) is 9.58 Å². The lowest BCUT2D eigenvalue weighted by Gasteiger charge is -2.21. The average Bonchev–Trinajstić information content (AvgIpc) is 2.51. The first-order chi connectivity index (χ1) is 8.47. The molecule has 0 N–H and O–H groups in total. The second kappa shape index (κ2) is 5.05. The van der Waals surface area contributed by atoms with Crippen molar-refractivity contribution in [2.24, 2.45) is 0 Å². The molecule has 2 aromatic rings. The number of hydrogen-bond acceptors (Lipinski definition) is 0. The van der Waals surface area contributed by atoms with Crippen LogP contribution in [-0.4, -0.2) is 0 Å². The van der Waals surface area contributed by atoms with E-state index in [1.54, 1.807) is 6.07 Å². The van der Waals surface area contributed by atoms with E-state index in [0.29, 0.717) is 10.3 Å². The summed E-state index contributed by atoms with van der Waals surface area (Å²) in [6.07, 6.45) is 2.63. The van der Waals surface area contributed by atoms with Crippen molar-refractivity contribution in [2.75, 3.05) is 0 Å². The minimum atomic E-state index is -4.31. The van der Waals surface area contributed by atoms with Gasteiger partial charge in [-0.1, -0.05) is 6.42 Å². The minimum absolute atomic E-state index is 0. The molecule has 1 atom stereocenters. The topological polar surface area (TPSA) is 0 Å². The van der Waals surface area contributed by atoms with Crippen LogP contribution in [0.25, 0.3) is 10.1 Å². The Bertz CT molecular complexity index is 598. The van der Waals surface area contributed by atoms with Crippen LogP contribution < -0.4 is 17.0 Å². The lowest BCUT2D eigenvalue weighted by Crippen LogP contribution is -3.00. The predicted molar refractivity (Wildman–Crippen MR) is 64.3 cm³/mol. The van der Waals surface area contributed by atoms with Crippen molar-refractivity contribution in [3.8, 4) is 0 Å². The van der Waals surface area contributed by atoms with Gasteiger partial charge in [0.05, 0.1) is 10.5 Å². The molecule has 1 heterocycles. The molecule has 0 spiro atoms. The summed E-state index contributed by atoms with van der Waals surface area (Å²) in [4.78, 5) is 0.453. The van der Waals surface area contributed by atoms with Crippen molar-refractivity contribution in [3.05, 3.63) is 35.0 Å². The highest BCUT2D eigenvalue weighted by atomic mass is 79.9. The number of hydrogen-bond donors (Lipinski definition) is 0. The van der Waals surface area contributed by atoms with Crippen LogP contribution in [0.2, 0.25) is 0 Å². The molecule has 0 nitrogen and oxygen atoms in total. The fourth-order valence-electron chi connectivity index (χ4n) is 2.38. The molecule has 1 fully saturated rings. The maximum absolute atomic E-state index is 13.2. The Balaban J connectivity index is 0.00000133. The summed E-state index contributed by atoms with van der Waals surface area (Å²) < 4.78 is 52.8. The molecule has 0 radical (unpaired) electrons. The fraction of sp³-hybridized carbons (Fsp3) is 0.385. The Morgan fingerprint density at radius 3 is 2.32 bits per heavy atom. The normalized spacial score (nSPS) is 17.2. The van der Waals surface area contributed by atoms with Crippen LogP contribution in [-0.2, 0) is 5.51 Å². The zero-order valence-electron chi connectivity index (χ0n) is 9.81. The predicted octanol–water partition coefficient (Wildman–Crippen LogP) is 2.48. The van der Waals surface area contributed by atoms with Gasteiger partial charge in [-0.15, -0.1) is 13.2 Å². The molecular formula is C13H11BrF4S. The molecule has 1 aromatic carbocycles. The Kier molecular flexibility index (Phi) is 3.93. The van der Waals surface area contributed by atoms with Crippen LogP contribution in [0, 0.1) is 5.82 Å². The van der Waals surface area contributed by atoms with Crippen molar-refractivity contribution in [2.45, 2.75) is 30.7 Å². The first kappa shape index (κ1) is 14.8. The molecule has 0 aliphatic heterocycles. The lowest BCUT2D eigenvalue weighted by atomic mass is 9.84. The molecule has 1 aromatic heterocycles. The molecule has 1 aliphatic carbocycles. The minimum Gasteiger partial charge on any atom is -1.00 e. The molecule has 0 bridgehead atoms. The largest absolute Gasteiger partial charge is 1.00 e. The van der Waals surface area contributed by atoms with Crippen molar-refractivity contribution in [1.82, 2.24) is 0 Å². The van der Waals surface area contributed by atoms with Gasteiger partial charge in [-0.25, -0.2) is 4.39 Å². The summed E-state index contributed by atoms with van der Waals surface area (Å²) in [6.45, 7) is 0. The summed E-state index contributed by atoms with van der Waals surface area (Å²) in [6, 6.07) is 5.32. The molecule has 0 amide bonds. The van der Waals surface area contributed by atoms with Crippen molar-refractivity contribution < 1.29 is 34.5 Å². The number of benzene rings is 1. The molecule has 3 rings (SSSR count). The molecule has 104 valence electrons. The highest BCUT2D eigenvalue weighted by molar-refractivity contribution is 7.38. The first-order valence-electron chi connectivity index (χ1n) is 5.79. The Morgan fingerprint density at radius 1 is 1.11 bits per heavy atom. The summed E-state index contributed by atoms with van der Waals surface area (Å²) in [5.74, 6) is -0.566. The van der Waals surface area contributed by atoms with Crippen LogP contribution in [0.15, 0.2) is 24.3 Å². The third kappa shape index (κ3) is 2.52. The molecule has 19 heavy (non-hydrogen) atoms. The highest BCUT2D eigenvalue weighted by Crippen LogP contribution is 2.56. The van der Waals surface area contributed by atoms with Crippen LogP contribution in [0.3, 0.4) is 0 Å². The molecule has 0 saturated heterocycles. The van der Waals surface area contributed by atoms with Crippen molar-refractivity contribution in [3.63, 3.8) is 0 Å². The number of halogens is 5. The van der Waals surface area contributed by atoms with Gasteiger partial charge in [-0.2, -0.15) is 0 Å².